The highest BCUT2D eigenvalue weighted by atomic mass is 35.5. The van der Waals surface area contributed by atoms with Gasteiger partial charge in [-0.25, -0.2) is 4.90 Å². The lowest BCUT2D eigenvalue weighted by Crippen LogP contribution is -2.31. The number of anilines is 1. The van der Waals surface area contributed by atoms with Crippen LogP contribution in [0.2, 0.25) is 5.02 Å². The number of imide groups is 1. The van der Waals surface area contributed by atoms with Crippen molar-refractivity contribution >= 4 is 57.0 Å². The third-order valence-corrected chi connectivity index (χ3v) is 4.37. The molecule has 0 spiro atoms. The number of non-ortho nitro benzene ring substituents is 1. The molecule has 0 aromatic heterocycles. The molecule has 0 N–H and O–H groups in total. The number of halogens is 2. The molecule has 3 rings (SSSR count). The predicted molar refractivity (Wildman–Crippen MR) is 95.4 cm³/mol. The highest BCUT2D eigenvalue weighted by molar-refractivity contribution is 6.60. The standard InChI is InChI=1S/C17H10Cl2N2O4/c1-9(22)20-14-6-5-12(21(24)25)8-13(14)15(17(20)23)16(19)10-3-2-4-11(18)7-10/h2-8H,1H3. The zero-order chi connectivity index (χ0) is 18.3. The minimum Gasteiger partial charge on any atom is -0.274 e. The lowest BCUT2D eigenvalue weighted by atomic mass is 10.0. The monoisotopic (exact) mass is 376 g/mol. The van der Waals surface area contributed by atoms with Crippen LogP contribution in [0.3, 0.4) is 0 Å². The van der Waals surface area contributed by atoms with Gasteiger partial charge < -0.3 is 0 Å². The number of carbonyl (C=O) groups excluding carboxylic acids is 2. The molecule has 1 heterocycles. The highest BCUT2D eigenvalue weighted by Gasteiger charge is 2.38. The molecule has 1 aliphatic rings. The fraction of sp³-hybridized carbons (Fsp3) is 0.0588. The van der Waals surface area contributed by atoms with Gasteiger partial charge in [0.15, 0.2) is 0 Å². The summed E-state index contributed by atoms with van der Waals surface area (Å²) in [5.41, 5.74) is 0.792. The summed E-state index contributed by atoms with van der Waals surface area (Å²) in [5, 5.41) is 11.6. The van der Waals surface area contributed by atoms with Gasteiger partial charge in [-0.3, -0.25) is 19.7 Å². The topological polar surface area (TPSA) is 80.5 Å². The Morgan fingerprint density at radius 2 is 1.92 bits per heavy atom. The maximum absolute atomic E-state index is 12.7. The maximum Gasteiger partial charge on any atom is 0.270 e. The zero-order valence-electron chi connectivity index (χ0n) is 12.8. The van der Waals surface area contributed by atoms with E-state index in [1.54, 1.807) is 24.3 Å². The summed E-state index contributed by atoms with van der Waals surface area (Å²) in [7, 11) is 0. The van der Waals surface area contributed by atoms with Crippen molar-refractivity contribution in [1.29, 1.82) is 0 Å². The van der Waals surface area contributed by atoms with E-state index in [1.807, 2.05) is 0 Å². The van der Waals surface area contributed by atoms with Gasteiger partial charge in [-0.05, 0) is 23.8 Å². The Hall–Kier alpha value is -2.70. The van der Waals surface area contributed by atoms with Gasteiger partial charge in [0.25, 0.3) is 11.6 Å². The number of rotatable bonds is 2. The number of carbonyl (C=O) groups is 2. The highest BCUT2D eigenvalue weighted by Crippen LogP contribution is 2.43. The summed E-state index contributed by atoms with van der Waals surface area (Å²) in [6.07, 6.45) is 0. The molecule has 0 fully saturated rings. The van der Waals surface area contributed by atoms with Crippen LogP contribution in [0.5, 0.6) is 0 Å². The minimum absolute atomic E-state index is 0.0258. The van der Waals surface area contributed by atoms with E-state index in [9.17, 15) is 19.7 Å². The van der Waals surface area contributed by atoms with Gasteiger partial charge >= 0.3 is 0 Å². The SMILES string of the molecule is CC(=O)N1C(=O)C(=C(Cl)c2cccc(Cl)c2)c2cc([N+](=O)[O-])ccc21. The predicted octanol–water partition coefficient (Wildman–Crippen LogP) is 4.25. The Bertz CT molecular complexity index is 969. The zero-order valence-corrected chi connectivity index (χ0v) is 14.3. The molecule has 1 aliphatic heterocycles. The fourth-order valence-corrected chi connectivity index (χ4v) is 3.15. The fourth-order valence-electron chi connectivity index (χ4n) is 2.66. The molecular formula is C17H10Cl2N2O4. The van der Waals surface area contributed by atoms with Gasteiger partial charge in [0, 0.05) is 29.6 Å². The molecule has 0 atom stereocenters. The van der Waals surface area contributed by atoms with E-state index in [2.05, 4.69) is 0 Å². The van der Waals surface area contributed by atoms with Crippen molar-refractivity contribution in [2.24, 2.45) is 0 Å². The Kier molecular flexibility index (Phi) is 4.32. The summed E-state index contributed by atoms with van der Waals surface area (Å²) in [4.78, 5) is 36.1. The summed E-state index contributed by atoms with van der Waals surface area (Å²) in [6.45, 7) is 1.24. The number of benzene rings is 2. The third-order valence-electron chi connectivity index (χ3n) is 3.73. The van der Waals surface area contributed by atoms with E-state index in [0.717, 1.165) is 4.90 Å². The molecule has 0 bridgehead atoms. The van der Waals surface area contributed by atoms with E-state index >= 15 is 0 Å². The first-order valence-electron chi connectivity index (χ1n) is 7.11. The number of amides is 2. The van der Waals surface area contributed by atoms with Crippen LogP contribution >= 0.6 is 23.2 Å². The molecule has 0 saturated heterocycles. The lowest BCUT2D eigenvalue weighted by molar-refractivity contribution is -0.384. The van der Waals surface area contributed by atoms with Crippen LogP contribution < -0.4 is 4.90 Å². The number of nitro benzene ring substituents is 1. The van der Waals surface area contributed by atoms with E-state index in [1.165, 1.54) is 25.1 Å². The maximum atomic E-state index is 12.7. The van der Waals surface area contributed by atoms with Gasteiger partial charge in [0.2, 0.25) is 5.91 Å². The normalized spacial score (nSPS) is 15.2. The van der Waals surface area contributed by atoms with Crippen molar-refractivity contribution in [3.63, 3.8) is 0 Å². The van der Waals surface area contributed by atoms with Gasteiger partial charge in [-0.1, -0.05) is 35.3 Å². The molecule has 126 valence electrons. The first-order valence-corrected chi connectivity index (χ1v) is 7.86. The first-order chi connectivity index (χ1) is 11.8. The van der Waals surface area contributed by atoms with Crippen molar-refractivity contribution in [2.45, 2.75) is 6.92 Å². The van der Waals surface area contributed by atoms with Crippen molar-refractivity contribution < 1.29 is 14.5 Å². The number of fused-ring (bicyclic) bond motifs is 1. The second-order valence-electron chi connectivity index (χ2n) is 5.32. The average Bonchev–Trinajstić information content (AvgIpc) is 2.85. The Morgan fingerprint density at radius 3 is 2.52 bits per heavy atom. The Balaban J connectivity index is 2.29. The van der Waals surface area contributed by atoms with Gasteiger partial charge in [-0.15, -0.1) is 0 Å². The van der Waals surface area contributed by atoms with E-state index in [0.29, 0.717) is 10.6 Å². The number of hydrogen-bond donors (Lipinski definition) is 0. The van der Waals surface area contributed by atoms with Crippen LogP contribution in [-0.2, 0) is 9.59 Å². The Labute approximate surface area is 152 Å². The largest absolute Gasteiger partial charge is 0.274 e. The number of hydrogen-bond acceptors (Lipinski definition) is 4. The molecule has 8 heteroatoms. The number of nitrogens with zero attached hydrogens (tertiary/aromatic N) is 2. The molecular weight excluding hydrogens is 367 g/mol. The second kappa shape index (κ2) is 6.31. The van der Waals surface area contributed by atoms with Crippen molar-refractivity contribution in [3.05, 3.63) is 68.7 Å². The Morgan fingerprint density at radius 1 is 1.20 bits per heavy atom. The summed E-state index contributed by atoms with van der Waals surface area (Å²) < 4.78 is 0. The van der Waals surface area contributed by atoms with Crippen molar-refractivity contribution in [3.8, 4) is 0 Å². The third kappa shape index (κ3) is 2.90. The van der Waals surface area contributed by atoms with E-state index < -0.39 is 16.7 Å². The van der Waals surface area contributed by atoms with Crippen molar-refractivity contribution in [2.75, 3.05) is 4.90 Å². The second-order valence-corrected chi connectivity index (χ2v) is 6.13. The summed E-state index contributed by atoms with van der Waals surface area (Å²) in [6, 6.07) is 10.4. The number of nitro groups is 1. The van der Waals surface area contributed by atoms with Crippen LogP contribution in [0.25, 0.3) is 10.6 Å². The molecule has 0 unspecified atom stereocenters. The summed E-state index contributed by atoms with van der Waals surface area (Å²) >= 11 is 12.4. The van der Waals surface area contributed by atoms with Crippen LogP contribution in [0.15, 0.2) is 42.5 Å². The van der Waals surface area contributed by atoms with Crippen LogP contribution in [-0.4, -0.2) is 16.7 Å². The molecule has 0 radical (unpaired) electrons. The first kappa shape index (κ1) is 17.1. The minimum atomic E-state index is -0.632. The quantitative estimate of drug-likeness (QED) is 0.445. The van der Waals surface area contributed by atoms with Gasteiger partial charge in [0.1, 0.15) is 0 Å². The molecule has 2 aromatic carbocycles. The summed E-state index contributed by atoms with van der Waals surface area (Å²) in [5.74, 6) is -1.14. The van der Waals surface area contributed by atoms with Crippen LogP contribution in [0.1, 0.15) is 18.1 Å². The lowest BCUT2D eigenvalue weighted by Gasteiger charge is -2.11. The molecule has 2 aromatic rings. The van der Waals surface area contributed by atoms with Gasteiger partial charge in [0.05, 0.1) is 21.2 Å². The molecule has 25 heavy (non-hydrogen) atoms. The van der Waals surface area contributed by atoms with Crippen LogP contribution in [0, 0.1) is 10.1 Å². The molecule has 0 saturated carbocycles. The average molecular weight is 377 g/mol. The van der Waals surface area contributed by atoms with E-state index in [4.69, 9.17) is 23.2 Å². The smallest absolute Gasteiger partial charge is 0.270 e. The van der Waals surface area contributed by atoms with Crippen LogP contribution in [0.4, 0.5) is 11.4 Å². The van der Waals surface area contributed by atoms with Crippen molar-refractivity contribution in [1.82, 2.24) is 0 Å². The van der Waals surface area contributed by atoms with Gasteiger partial charge in [-0.2, -0.15) is 0 Å². The molecule has 6 nitrogen and oxygen atoms in total. The molecule has 2 amide bonds. The van der Waals surface area contributed by atoms with E-state index in [-0.39, 0.29) is 27.5 Å². The molecule has 0 aliphatic carbocycles.